The molecule has 162 valence electrons. The predicted octanol–water partition coefficient (Wildman–Crippen LogP) is 3.31. The summed E-state index contributed by atoms with van der Waals surface area (Å²) >= 11 is 0. The van der Waals surface area contributed by atoms with Crippen molar-refractivity contribution < 1.29 is 14.1 Å². The van der Waals surface area contributed by atoms with Crippen molar-refractivity contribution in [3.05, 3.63) is 47.9 Å². The van der Waals surface area contributed by atoms with Crippen LogP contribution < -0.4 is 10.2 Å². The van der Waals surface area contributed by atoms with Gasteiger partial charge >= 0.3 is 6.03 Å². The second-order valence-electron chi connectivity index (χ2n) is 9.04. The van der Waals surface area contributed by atoms with Gasteiger partial charge in [0, 0.05) is 37.9 Å². The largest absolute Gasteiger partial charge is 0.378 e. The van der Waals surface area contributed by atoms with Crippen LogP contribution in [-0.4, -0.2) is 55.5 Å². The zero-order valence-electron chi connectivity index (χ0n) is 18.1. The highest BCUT2D eigenvalue weighted by Crippen LogP contribution is 2.47. The maximum absolute atomic E-state index is 12.5. The molecule has 2 atom stereocenters. The predicted molar refractivity (Wildman–Crippen MR) is 115 cm³/mol. The van der Waals surface area contributed by atoms with Crippen molar-refractivity contribution in [2.24, 2.45) is 11.3 Å². The van der Waals surface area contributed by atoms with E-state index in [1.54, 1.807) is 0 Å². The molecule has 7 nitrogen and oxygen atoms in total. The molecular weight excluding hydrogens is 380 g/mol. The molecular formula is C23H32N4O3. The third kappa shape index (κ3) is 4.46. The monoisotopic (exact) mass is 412 g/mol. The lowest BCUT2D eigenvalue weighted by Gasteiger charge is -2.52. The van der Waals surface area contributed by atoms with Crippen LogP contribution in [0.25, 0.3) is 0 Å². The topological polar surface area (TPSA) is 70.8 Å². The Hall–Kier alpha value is -2.54. The highest BCUT2D eigenvalue weighted by molar-refractivity contribution is 5.75. The van der Waals surface area contributed by atoms with Gasteiger partial charge in [-0.2, -0.15) is 0 Å². The van der Waals surface area contributed by atoms with Crippen molar-refractivity contribution in [1.29, 1.82) is 0 Å². The first-order valence-electron chi connectivity index (χ1n) is 10.8. The zero-order valence-corrected chi connectivity index (χ0v) is 18.1. The van der Waals surface area contributed by atoms with Crippen molar-refractivity contribution in [3.8, 4) is 0 Å². The molecule has 30 heavy (non-hydrogen) atoms. The number of rotatable bonds is 6. The standard InChI is InChI=1S/C23H32N4O3/c1-23(2)17(14-21(23)24-22(28)27-9-11-29-12-10-27)13-18-15-20(30-25-18)16-26(3)19-7-5-4-6-8-19/h4-8,15,17,21H,9-14,16H2,1-3H3,(H,24,28)/t17-,21+/m1/s1. The minimum Gasteiger partial charge on any atom is -0.378 e. The number of urea groups is 1. The Labute approximate surface area is 178 Å². The Morgan fingerprint density at radius 1 is 1.27 bits per heavy atom. The molecule has 7 heteroatoms. The second kappa shape index (κ2) is 8.68. The van der Waals surface area contributed by atoms with Crippen LogP contribution in [0.2, 0.25) is 0 Å². The minimum absolute atomic E-state index is 0.0297. The first-order valence-corrected chi connectivity index (χ1v) is 10.8. The van der Waals surface area contributed by atoms with Crippen molar-refractivity contribution >= 4 is 11.7 Å². The number of hydrogen-bond donors (Lipinski definition) is 1. The van der Waals surface area contributed by atoms with Crippen LogP contribution in [0.3, 0.4) is 0 Å². The van der Waals surface area contributed by atoms with Gasteiger partial charge in [-0.25, -0.2) is 4.79 Å². The number of morpholine rings is 1. The van der Waals surface area contributed by atoms with Crippen LogP contribution in [0.15, 0.2) is 40.9 Å². The Bertz CT molecular complexity index is 845. The number of nitrogens with zero attached hydrogens (tertiary/aromatic N) is 3. The van der Waals surface area contributed by atoms with Crippen LogP contribution in [0.1, 0.15) is 31.7 Å². The lowest BCUT2D eigenvalue weighted by molar-refractivity contribution is 0.0101. The van der Waals surface area contributed by atoms with Crippen molar-refractivity contribution in [2.45, 2.75) is 39.3 Å². The van der Waals surface area contributed by atoms with E-state index >= 15 is 0 Å². The summed E-state index contributed by atoms with van der Waals surface area (Å²) in [5, 5.41) is 7.52. The maximum Gasteiger partial charge on any atom is 0.317 e. The molecule has 2 aliphatic rings. The summed E-state index contributed by atoms with van der Waals surface area (Å²) in [5.74, 6) is 1.34. The third-order valence-corrected chi connectivity index (χ3v) is 6.72. The highest BCUT2D eigenvalue weighted by atomic mass is 16.5. The lowest BCUT2D eigenvalue weighted by atomic mass is 9.57. The zero-order chi connectivity index (χ0) is 21.1. The van der Waals surface area contributed by atoms with E-state index in [4.69, 9.17) is 9.26 Å². The minimum atomic E-state index is 0.0297. The van der Waals surface area contributed by atoms with Gasteiger partial charge in [0.05, 0.1) is 25.5 Å². The Balaban J connectivity index is 1.28. The molecule has 0 spiro atoms. The van der Waals surface area contributed by atoms with E-state index < -0.39 is 0 Å². The van der Waals surface area contributed by atoms with Gasteiger partial charge in [0.25, 0.3) is 0 Å². The number of para-hydroxylation sites is 1. The molecule has 0 bridgehead atoms. The highest BCUT2D eigenvalue weighted by Gasteiger charge is 2.49. The number of hydrogen-bond acceptors (Lipinski definition) is 5. The Kier molecular flexibility index (Phi) is 5.99. The van der Waals surface area contributed by atoms with E-state index in [1.807, 2.05) is 30.1 Å². The number of ether oxygens (including phenoxy) is 1. The Morgan fingerprint density at radius 2 is 2.00 bits per heavy atom. The second-order valence-corrected chi connectivity index (χ2v) is 9.04. The quantitative estimate of drug-likeness (QED) is 0.788. The van der Waals surface area contributed by atoms with Gasteiger partial charge in [-0.15, -0.1) is 0 Å². The van der Waals surface area contributed by atoms with E-state index in [9.17, 15) is 4.79 Å². The third-order valence-electron chi connectivity index (χ3n) is 6.72. The molecule has 2 amide bonds. The molecule has 1 aromatic heterocycles. The van der Waals surface area contributed by atoms with Gasteiger partial charge in [0.1, 0.15) is 0 Å². The number of carbonyl (C=O) groups is 1. The van der Waals surface area contributed by atoms with E-state index in [-0.39, 0.29) is 17.5 Å². The van der Waals surface area contributed by atoms with Crippen LogP contribution in [0.4, 0.5) is 10.5 Å². The lowest BCUT2D eigenvalue weighted by Crippen LogP contribution is -2.61. The van der Waals surface area contributed by atoms with Crippen LogP contribution in [0, 0.1) is 11.3 Å². The molecule has 1 aliphatic heterocycles. The van der Waals surface area contributed by atoms with E-state index in [1.165, 1.54) is 0 Å². The molecule has 1 aromatic carbocycles. The van der Waals surface area contributed by atoms with Crippen LogP contribution in [0.5, 0.6) is 0 Å². The average Bonchev–Trinajstić information content (AvgIpc) is 3.21. The van der Waals surface area contributed by atoms with Crippen molar-refractivity contribution in [2.75, 3.05) is 38.3 Å². The molecule has 4 rings (SSSR count). The van der Waals surface area contributed by atoms with Crippen molar-refractivity contribution in [1.82, 2.24) is 15.4 Å². The number of benzene rings is 1. The average molecular weight is 413 g/mol. The van der Waals surface area contributed by atoms with Gasteiger partial charge in [0.2, 0.25) is 0 Å². The summed E-state index contributed by atoms with van der Waals surface area (Å²) in [6, 6.07) is 12.5. The van der Waals surface area contributed by atoms with E-state index in [0.717, 1.165) is 30.0 Å². The molecule has 1 saturated heterocycles. The normalized spacial score (nSPS) is 23.0. The van der Waals surface area contributed by atoms with Gasteiger partial charge in [-0.05, 0) is 36.3 Å². The Morgan fingerprint density at radius 3 is 2.70 bits per heavy atom. The molecule has 2 fully saturated rings. The summed E-state index contributed by atoms with van der Waals surface area (Å²) in [6.07, 6.45) is 1.84. The van der Waals surface area contributed by atoms with Crippen LogP contribution in [-0.2, 0) is 17.7 Å². The smallest absolute Gasteiger partial charge is 0.317 e. The van der Waals surface area contributed by atoms with Gasteiger partial charge in [-0.3, -0.25) is 0 Å². The summed E-state index contributed by atoms with van der Waals surface area (Å²) < 4.78 is 10.9. The molecule has 1 aliphatic carbocycles. The fourth-order valence-electron chi connectivity index (χ4n) is 4.40. The number of amides is 2. The summed E-state index contributed by atoms with van der Waals surface area (Å²) in [7, 11) is 2.05. The van der Waals surface area contributed by atoms with Gasteiger partial charge in [0.15, 0.2) is 5.76 Å². The van der Waals surface area contributed by atoms with Crippen LogP contribution >= 0.6 is 0 Å². The number of carbonyl (C=O) groups excluding carboxylic acids is 1. The molecule has 0 unspecified atom stereocenters. The summed E-state index contributed by atoms with van der Waals surface area (Å²) in [6.45, 7) is 7.73. The first-order chi connectivity index (χ1) is 14.4. The molecule has 1 saturated carbocycles. The molecule has 0 radical (unpaired) electrons. The van der Waals surface area contributed by atoms with E-state index in [0.29, 0.717) is 38.8 Å². The fraction of sp³-hybridized carbons (Fsp3) is 0.565. The van der Waals surface area contributed by atoms with Gasteiger partial charge in [-0.1, -0.05) is 37.2 Å². The van der Waals surface area contributed by atoms with Gasteiger partial charge < -0.3 is 24.4 Å². The first kappa shape index (κ1) is 20.7. The van der Waals surface area contributed by atoms with Crippen molar-refractivity contribution in [3.63, 3.8) is 0 Å². The molecule has 2 heterocycles. The molecule has 1 N–H and O–H groups in total. The molecule has 2 aromatic rings. The maximum atomic E-state index is 12.5. The number of aromatic nitrogens is 1. The summed E-state index contributed by atoms with van der Waals surface area (Å²) in [4.78, 5) is 16.5. The number of anilines is 1. The fourth-order valence-corrected chi connectivity index (χ4v) is 4.40. The SMILES string of the molecule is CN(Cc1cc(C[C@@H]2C[C@H](NC(=O)N3CCOCC3)C2(C)C)no1)c1ccccc1. The van der Waals surface area contributed by atoms with E-state index in [2.05, 4.69) is 47.4 Å². The summed E-state index contributed by atoms with van der Waals surface area (Å²) in [5.41, 5.74) is 2.17. The number of nitrogens with one attached hydrogen (secondary N) is 1.